The van der Waals surface area contributed by atoms with Crippen LogP contribution in [0.25, 0.3) is 0 Å². The predicted octanol–water partition coefficient (Wildman–Crippen LogP) is 1.57. The first-order chi connectivity index (χ1) is 7.54. The van der Waals surface area contributed by atoms with Gasteiger partial charge in [-0.3, -0.25) is 4.79 Å². The van der Waals surface area contributed by atoms with Gasteiger partial charge < -0.3 is 10.4 Å². The van der Waals surface area contributed by atoms with Crippen molar-refractivity contribution in [3.05, 3.63) is 35.4 Å². The third kappa shape index (κ3) is 3.27. The van der Waals surface area contributed by atoms with Crippen molar-refractivity contribution in [3.63, 3.8) is 0 Å². The van der Waals surface area contributed by atoms with E-state index in [0.717, 1.165) is 12.1 Å². The molecule has 1 aromatic rings. The van der Waals surface area contributed by atoms with Gasteiger partial charge in [-0.2, -0.15) is 0 Å². The van der Waals surface area contributed by atoms with Gasteiger partial charge in [0.1, 0.15) is 17.7 Å². The molecule has 1 unspecified atom stereocenters. The molecule has 0 spiro atoms. The van der Waals surface area contributed by atoms with E-state index in [-0.39, 0.29) is 12.8 Å². The molecule has 0 fully saturated rings. The minimum Gasteiger partial charge on any atom is -0.480 e. The van der Waals surface area contributed by atoms with E-state index < -0.39 is 23.6 Å². The number of hydrogen-bond acceptors (Lipinski definition) is 2. The molecule has 1 aromatic carbocycles. The molecule has 0 aromatic heterocycles. The van der Waals surface area contributed by atoms with E-state index in [4.69, 9.17) is 5.11 Å². The highest BCUT2D eigenvalue weighted by Crippen LogP contribution is 2.12. The molecule has 0 aliphatic carbocycles. The summed E-state index contributed by atoms with van der Waals surface area (Å²) in [5, 5.41) is 11.4. The van der Waals surface area contributed by atoms with Gasteiger partial charge in [0.2, 0.25) is 0 Å². The number of aliphatic carboxylic acids is 1. The molecular formula is C11H13F2NO2. The summed E-state index contributed by atoms with van der Waals surface area (Å²) in [7, 11) is 1.53. The number of rotatable bonds is 5. The number of halogens is 2. The van der Waals surface area contributed by atoms with Gasteiger partial charge in [0.15, 0.2) is 0 Å². The Morgan fingerprint density at radius 3 is 2.69 bits per heavy atom. The summed E-state index contributed by atoms with van der Waals surface area (Å²) in [6.45, 7) is 0. The average molecular weight is 229 g/mol. The summed E-state index contributed by atoms with van der Waals surface area (Å²) in [4.78, 5) is 10.7. The molecule has 0 heterocycles. The fraction of sp³-hybridized carbons (Fsp3) is 0.364. The summed E-state index contributed by atoms with van der Waals surface area (Å²) in [5.41, 5.74) is 0.322. The van der Waals surface area contributed by atoms with Crippen molar-refractivity contribution < 1.29 is 18.7 Å². The lowest BCUT2D eigenvalue weighted by Gasteiger charge is -2.11. The molecule has 0 saturated heterocycles. The molecule has 0 amide bonds. The third-order valence-corrected chi connectivity index (χ3v) is 2.36. The van der Waals surface area contributed by atoms with Crippen molar-refractivity contribution in [2.75, 3.05) is 7.05 Å². The van der Waals surface area contributed by atoms with Crippen LogP contribution in [0.2, 0.25) is 0 Å². The predicted molar refractivity (Wildman–Crippen MR) is 55.2 cm³/mol. The number of hydrogen-bond donors (Lipinski definition) is 2. The van der Waals surface area contributed by atoms with Crippen molar-refractivity contribution in [3.8, 4) is 0 Å². The highest BCUT2D eigenvalue weighted by Gasteiger charge is 2.15. The molecule has 0 aliphatic rings. The third-order valence-electron chi connectivity index (χ3n) is 2.36. The van der Waals surface area contributed by atoms with Crippen LogP contribution in [0, 0.1) is 11.6 Å². The van der Waals surface area contributed by atoms with E-state index in [0.29, 0.717) is 5.56 Å². The van der Waals surface area contributed by atoms with Gasteiger partial charge in [0, 0.05) is 6.07 Å². The van der Waals surface area contributed by atoms with Gasteiger partial charge in [-0.05, 0) is 31.5 Å². The highest BCUT2D eigenvalue weighted by atomic mass is 19.1. The zero-order valence-corrected chi connectivity index (χ0v) is 8.84. The van der Waals surface area contributed by atoms with E-state index in [2.05, 4.69) is 5.32 Å². The molecule has 3 nitrogen and oxygen atoms in total. The molecule has 5 heteroatoms. The Labute approximate surface area is 92.1 Å². The standard InChI is InChI=1S/C11H13F2NO2/c1-14-10(11(15)16)5-3-7-2-4-8(12)6-9(7)13/h2,4,6,10,14H,3,5H2,1H3,(H,15,16). The average Bonchev–Trinajstić information content (AvgIpc) is 2.21. The number of carboxylic acids is 1. The van der Waals surface area contributed by atoms with Crippen LogP contribution in [-0.2, 0) is 11.2 Å². The first-order valence-corrected chi connectivity index (χ1v) is 4.88. The van der Waals surface area contributed by atoms with E-state index in [1.54, 1.807) is 0 Å². The van der Waals surface area contributed by atoms with Gasteiger partial charge in [0.05, 0.1) is 0 Å². The monoisotopic (exact) mass is 229 g/mol. The van der Waals surface area contributed by atoms with Gasteiger partial charge in [0.25, 0.3) is 0 Å². The van der Waals surface area contributed by atoms with Crippen LogP contribution < -0.4 is 5.32 Å². The molecule has 88 valence electrons. The zero-order valence-electron chi connectivity index (χ0n) is 8.84. The zero-order chi connectivity index (χ0) is 12.1. The summed E-state index contributed by atoms with van der Waals surface area (Å²) in [6.07, 6.45) is 0.512. The van der Waals surface area contributed by atoms with Crippen LogP contribution in [-0.4, -0.2) is 24.2 Å². The van der Waals surface area contributed by atoms with Crippen molar-refractivity contribution >= 4 is 5.97 Å². The van der Waals surface area contributed by atoms with Crippen LogP contribution in [0.4, 0.5) is 8.78 Å². The first-order valence-electron chi connectivity index (χ1n) is 4.88. The summed E-state index contributed by atoms with van der Waals surface area (Å²) in [6, 6.07) is 2.57. The normalized spacial score (nSPS) is 12.4. The molecule has 0 radical (unpaired) electrons. The molecule has 2 N–H and O–H groups in total. The maximum atomic E-state index is 13.2. The Bertz CT molecular complexity index is 382. The smallest absolute Gasteiger partial charge is 0.320 e. The van der Waals surface area contributed by atoms with Crippen LogP contribution in [0.15, 0.2) is 18.2 Å². The number of carbonyl (C=O) groups is 1. The van der Waals surface area contributed by atoms with Crippen molar-refractivity contribution in [2.45, 2.75) is 18.9 Å². The maximum Gasteiger partial charge on any atom is 0.320 e. The minimum absolute atomic E-state index is 0.254. The fourth-order valence-electron chi connectivity index (χ4n) is 1.42. The number of carboxylic acid groups (broad SMARTS) is 1. The second kappa shape index (κ2) is 5.55. The summed E-state index contributed by atoms with van der Waals surface area (Å²) in [5.74, 6) is -2.25. The Morgan fingerprint density at radius 2 is 2.19 bits per heavy atom. The molecule has 1 atom stereocenters. The van der Waals surface area contributed by atoms with Gasteiger partial charge >= 0.3 is 5.97 Å². The molecular weight excluding hydrogens is 216 g/mol. The lowest BCUT2D eigenvalue weighted by Crippen LogP contribution is -2.34. The van der Waals surface area contributed by atoms with Gasteiger partial charge in [-0.25, -0.2) is 8.78 Å². The van der Waals surface area contributed by atoms with E-state index in [1.165, 1.54) is 13.1 Å². The van der Waals surface area contributed by atoms with E-state index >= 15 is 0 Å². The summed E-state index contributed by atoms with van der Waals surface area (Å²) >= 11 is 0. The Hall–Kier alpha value is -1.49. The van der Waals surface area contributed by atoms with Crippen molar-refractivity contribution in [2.24, 2.45) is 0 Å². The second-order valence-corrected chi connectivity index (χ2v) is 3.45. The number of aryl methyl sites for hydroxylation is 1. The molecule has 0 saturated carbocycles. The second-order valence-electron chi connectivity index (χ2n) is 3.45. The van der Waals surface area contributed by atoms with E-state index in [1.807, 2.05) is 0 Å². The molecule has 0 bridgehead atoms. The van der Waals surface area contributed by atoms with Gasteiger partial charge in [-0.15, -0.1) is 0 Å². The molecule has 16 heavy (non-hydrogen) atoms. The fourth-order valence-corrected chi connectivity index (χ4v) is 1.42. The lowest BCUT2D eigenvalue weighted by molar-refractivity contribution is -0.139. The number of nitrogens with one attached hydrogen (secondary N) is 1. The topological polar surface area (TPSA) is 49.3 Å². The first kappa shape index (κ1) is 12.6. The Morgan fingerprint density at radius 1 is 1.50 bits per heavy atom. The van der Waals surface area contributed by atoms with Crippen molar-refractivity contribution in [1.82, 2.24) is 5.32 Å². The molecule has 1 rings (SSSR count). The van der Waals surface area contributed by atoms with Crippen LogP contribution in [0.1, 0.15) is 12.0 Å². The summed E-state index contributed by atoms with van der Waals surface area (Å²) < 4.78 is 25.8. The van der Waals surface area contributed by atoms with Crippen molar-refractivity contribution in [1.29, 1.82) is 0 Å². The van der Waals surface area contributed by atoms with Crippen LogP contribution in [0.5, 0.6) is 0 Å². The quantitative estimate of drug-likeness (QED) is 0.805. The molecule has 0 aliphatic heterocycles. The minimum atomic E-state index is -0.981. The van der Waals surface area contributed by atoms with Crippen LogP contribution >= 0.6 is 0 Å². The number of benzene rings is 1. The van der Waals surface area contributed by atoms with Gasteiger partial charge in [-0.1, -0.05) is 6.07 Å². The Balaban J connectivity index is 2.63. The SMILES string of the molecule is CNC(CCc1ccc(F)cc1F)C(=O)O. The van der Waals surface area contributed by atoms with Crippen LogP contribution in [0.3, 0.4) is 0 Å². The largest absolute Gasteiger partial charge is 0.480 e. The van der Waals surface area contributed by atoms with E-state index in [9.17, 15) is 13.6 Å². The maximum absolute atomic E-state index is 13.2. The number of likely N-dealkylation sites (N-methyl/N-ethyl adjacent to an activating group) is 1. The Kier molecular flexibility index (Phi) is 4.37. The lowest BCUT2D eigenvalue weighted by atomic mass is 10.0. The highest BCUT2D eigenvalue weighted by molar-refractivity contribution is 5.73.